The van der Waals surface area contributed by atoms with Crippen molar-refractivity contribution in [2.45, 2.75) is 45.1 Å². The van der Waals surface area contributed by atoms with Crippen molar-refractivity contribution in [1.82, 2.24) is 14.7 Å². The number of aromatic nitrogens is 2. The number of carbonyl (C=O) groups excluding carboxylic acids is 2. The largest absolute Gasteiger partial charge is 0.444 e. The van der Waals surface area contributed by atoms with Gasteiger partial charge in [-0.3, -0.25) is 4.79 Å². The molecule has 1 aromatic heterocycles. The predicted molar refractivity (Wildman–Crippen MR) is 133 cm³/mol. The molecular formula is C26H26ClF3N4O3. The highest BCUT2D eigenvalue weighted by atomic mass is 35.5. The summed E-state index contributed by atoms with van der Waals surface area (Å²) >= 11 is 5.83. The van der Waals surface area contributed by atoms with Crippen molar-refractivity contribution in [1.29, 1.82) is 0 Å². The molecule has 0 atom stereocenters. The first-order chi connectivity index (χ1) is 17.4. The van der Waals surface area contributed by atoms with Gasteiger partial charge in [0, 0.05) is 30.8 Å². The Labute approximate surface area is 217 Å². The molecule has 1 N–H and O–H groups in total. The fourth-order valence-electron chi connectivity index (χ4n) is 4.20. The molecule has 0 unspecified atom stereocenters. The van der Waals surface area contributed by atoms with Crippen molar-refractivity contribution in [3.05, 3.63) is 76.3 Å². The Morgan fingerprint density at radius 2 is 1.76 bits per heavy atom. The summed E-state index contributed by atoms with van der Waals surface area (Å²) in [6.07, 6.45) is 1.78. The lowest BCUT2D eigenvalue weighted by molar-refractivity contribution is 0.0203. The highest BCUT2D eigenvalue weighted by molar-refractivity contribution is 6.31. The van der Waals surface area contributed by atoms with Gasteiger partial charge in [-0.1, -0.05) is 11.6 Å². The minimum Gasteiger partial charge on any atom is -0.444 e. The Balaban J connectivity index is 1.65. The molecular weight excluding hydrogens is 509 g/mol. The Morgan fingerprint density at radius 3 is 2.38 bits per heavy atom. The molecule has 4 rings (SSSR count). The quantitative estimate of drug-likeness (QED) is 0.425. The zero-order valence-electron chi connectivity index (χ0n) is 20.5. The van der Waals surface area contributed by atoms with Gasteiger partial charge in [0.15, 0.2) is 5.82 Å². The van der Waals surface area contributed by atoms with E-state index in [1.54, 1.807) is 25.7 Å². The number of piperidine rings is 1. The third kappa shape index (κ3) is 6.07. The number of nitrogens with zero attached hydrogens (tertiary/aromatic N) is 3. The number of nitrogens with one attached hydrogen (secondary N) is 1. The number of anilines is 1. The number of amides is 2. The van der Waals surface area contributed by atoms with Gasteiger partial charge in [0.1, 0.15) is 22.9 Å². The topological polar surface area (TPSA) is 76.5 Å². The summed E-state index contributed by atoms with van der Waals surface area (Å²) < 4.78 is 48.6. The zero-order chi connectivity index (χ0) is 26.9. The van der Waals surface area contributed by atoms with Gasteiger partial charge in [-0.25, -0.2) is 22.6 Å². The first kappa shape index (κ1) is 26.5. The van der Waals surface area contributed by atoms with Crippen molar-refractivity contribution in [3.63, 3.8) is 0 Å². The van der Waals surface area contributed by atoms with Gasteiger partial charge < -0.3 is 15.0 Å². The minimum absolute atomic E-state index is 0.0187. The van der Waals surface area contributed by atoms with E-state index in [4.69, 9.17) is 16.3 Å². The summed E-state index contributed by atoms with van der Waals surface area (Å²) in [4.78, 5) is 27.3. The molecule has 0 aliphatic carbocycles. The van der Waals surface area contributed by atoms with Crippen LogP contribution in [-0.4, -0.2) is 45.4 Å². The second-order valence-electron chi connectivity index (χ2n) is 9.78. The lowest BCUT2D eigenvalue weighted by Gasteiger charge is -2.34. The summed E-state index contributed by atoms with van der Waals surface area (Å²) in [7, 11) is 0. The number of likely N-dealkylation sites (tertiary alicyclic amines) is 1. The normalized spacial score (nSPS) is 14.5. The highest BCUT2D eigenvalue weighted by Crippen LogP contribution is 2.34. The van der Waals surface area contributed by atoms with Crippen LogP contribution in [0.4, 0.5) is 23.7 Å². The van der Waals surface area contributed by atoms with Crippen molar-refractivity contribution in [3.8, 4) is 5.69 Å². The second kappa shape index (κ2) is 10.5. The number of benzene rings is 2. The fourth-order valence-corrected chi connectivity index (χ4v) is 4.39. The molecule has 2 amide bonds. The number of rotatable bonds is 4. The Hall–Kier alpha value is -3.53. The van der Waals surface area contributed by atoms with Gasteiger partial charge >= 0.3 is 6.09 Å². The number of hydrogen-bond donors (Lipinski definition) is 1. The van der Waals surface area contributed by atoms with E-state index in [1.807, 2.05) is 0 Å². The number of ether oxygens (including phenoxy) is 1. The summed E-state index contributed by atoms with van der Waals surface area (Å²) in [5.41, 5.74) is 0.193. The first-order valence-electron chi connectivity index (χ1n) is 11.7. The van der Waals surface area contributed by atoms with Crippen LogP contribution in [0.15, 0.2) is 42.6 Å². The molecule has 2 heterocycles. The number of halogens is 4. The average molecular weight is 535 g/mol. The van der Waals surface area contributed by atoms with Crippen molar-refractivity contribution >= 4 is 29.3 Å². The van der Waals surface area contributed by atoms with Crippen LogP contribution in [0.2, 0.25) is 5.02 Å². The van der Waals surface area contributed by atoms with Crippen LogP contribution >= 0.6 is 11.6 Å². The molecule has 2 aromatic carbocycles. The molecule has 7 nitrogen and oxygen atoms in total. The van der Waals surface area contributed by atoms with E-state index in [9.17, 15) is 22.8 Å². The SMILES string of the molecule is CC(C)(C)OC(=O)N1CCC(c2c(C(=O)Nc3ccc(F)c(Cl)c3)cnn2-c2ccc(F)cc2F)CC1. The minimum atomic E-state index is -0.840. The van der Waals surface area contributed by atoms with Crippen LogP contribution in [0.3, 0.4) is 0 Å². The number of hydrogen-bond acceptors (Lipinski definition) is 4. The molecule has 1 aliphatic rings. The van der Waals surface area contributed by atoms with Crippen molar-refractivity contribution in [2.75, 3.05) is 18.4 Å². The van der Waals surface area contributed by atoms with E-state index in [0.29, 0.717) is 31.6 Å². The molecule has 1 aliphatic heterocycles. The summed E-state index contributed by atoms with van der Waals surface area (Å²) in [5, 5.41) is 6.76. The molecule has 1 fully saturated rings. The van der Waals surface area contributed by atoms with Crippen molar-refractivity contribution < 1.29 is 27.5 Å². The molecule has 0 bridgehead atoms. The lowest BCUT2D eigenvalue weighted by atomic mass is 9.90. The maximum atomic E-state index is 14.7. The molecule has 196 valence electrons. The fraction of sp³-hybridized carbons (Fsp3) is 0.346. The second-order valence-corrected chi connectivity index (χ2v) is 10.2. The van der Waals surface area contributed by atoms with E-state index in [1.165, 1.54) is 29.1 Å². The van der Waals surface area contributed by atoms with Crippen molar-refractivity contribution in [2.24, 2.45) is 0 Å². The van der Waals surface area contributed by atoms with Gasteiger partial charge in [-0.05, 0) is 63.9 Å². The molecule has 3 aromatic rings. The molecule has 1 saturated heterocycles. The van der Waals surface area contributed by atoms with Crippen LogP contribution in [0.5, 0.6) is 0 Å². The smallest absolute Gasteiger partial charge is 0.410 e. The third-order valence-electron chi connectivity index (χ3n) is 5.90. The monoisotopic (exact) mass is 534 g/mol. The lowest BCUT2D eigenvalue weighted by Crippen LogP contribution is -2.41. The Kier molecular flexibility index (Phi) is 7.49. The first-order valence-corrected chi connectivity index (χ1v) is 12.1. The highest BCUT2D eigenvalue weighted by Gasteiger charge is 2.32. The number of carbonyl (C=O) groups is 2. The molecule has 37 heavy (non-hydrogen) atoms. The predicted octanol–water partition coefficient (Wildman–Crippen LogP) is 6.31. The van der Waals surface area contributed by atoms with E-state index < -0.39 is 35.1 Å². The van der Waals surface area contributed by atoms with Gasteiger partial charge in [0.25, 0.3) is 5.91 Å². The van der Waals surface area contributed by atoms with Gasteiger partial charge in [0.05, 0.1) is 22.5 Å². The van der Waals surface area contributed by atoms with Crippen LogP contribution in [0.1, 0.15) is 55.6 Å². The van der Waals surface area contributed by atoms with Crippen LogP contribution in [-0.2, 0) is 4.74 Å². The molecule has 0 radical (unpaired) electrons. The maximum absolute atomic E-state index is 14.7. The summed E-state index contributed by atoms with van der Waals surface area (Å²) in [6.45, 7) is 6.06. The molecule has 11 heteroatoms. The van der Waals surface area contributed by atoms with E-state index in [-0.39, 0.29) is 27.9 Å². The van der Waals surface area contributed by atoms with Gasteiger partial charge in [-0.2, -0.15) is 5.10 Å². The summed E-state index contributed by atoms with van der Waals surface area (Å²) in [6, 6.07) is 6.86. The zero-order valence-corrected chi connectivity index (χ0v) is 21.3. The maximum Gasteiger partial charge on any atom is 0.410 e. The molecule has 0 saturated carbocycles. The summed E-state index contributed by atoms with van der Waals surface area (Å²) in [5.74, 6) is -3.04. The standard InChI is InChI=1S/C26H26ClF3N4O3/c1-26(2,3)37-25(36)33-10-8-15(9-11-33)23-18(24(35)32-17-5-6-20(29)19(27)13-17)14-31-34(23)22-7-4-16(28)12-21(22)30/h4-7,12-15H,8-11H2,1-3H3,(H,32,35). The van der Waals surface area contributed by atoms with E-state index in [2.05, 4.69) is 10.4 Å². The Morgan fingerprint density at radius 1 is 1.05 bits per heavy atom. The van der Waals surface area contributed by atoms with E-state index in [0.717, 1.165) is 18.2 Å². The van der Waals surface area contributed by atoms with Crippen LogP contribution in [0, 0.1) is 17.5 Å². The molecule has 0 spiro atoms. The average Bonchev–Trinajstić information content (AvgIpc) is 3.25. The van der Waals surface area contributed by atoms with Crippen LogP contribution in [0.25, 0.3) is 5.69 Å². The van der Waals surface area contributed by atoms with E-state index >= 15 is 0 Å². The van der Waals surface area contributed by atoms with Crippen LogP contribution < -0.4 is 5.32 Å². The van der Waals surface area contributed by atoms with Gasteiger partial charge in [-0.15, -0.1) is 0 Å². The Bertz CT molecular complexity index is 1330. The van der Waals surface area contributed by atoms with Gasteiger partial charge in [0.2, 0.25) is 0 Å². The third-order valence-corrected chi connectivity index (χ3v) is 6.19.